The molecule has 0 spiro atoms. The lowest BCUT2D eigenvalue weighted by atomic mass is 10.3. The first-order chi connectivity index (χ1) is 4.75. The Bertz CT molecular complexity index is 239. The highest BCUT2D eigenvalue weighted by molar-refractivity contribution is 6.43. The van der Waals surface area contributed by atoms with Crippen LogP contribution in [-0.2, 0) is 0 Å². The molecule has 0 fully saturated rings. The van der Waals surface area contributed by atoms with Crippen LogP contribution in [0.4, 0.5) is 5.69 Å². The monoisotopic (exact) mass is 212 g/mol. The zero-order chi connectivity index (χ0) is 7.56. The Morgan fingerprint density at radius 1 is 1.27 bits per heavy atom. The Kier molecular flexibility index (Phi) is 4.61. The van der Waals surface area contributed by atoms with E-state index in [0.717, 1.165) is 0 Å². The summed E-state index contributed by atoms with van der Waals surface area (Å²) in [7, 11) is 0. The molecule has 3 N–H and O–H groups in total. The molecule has 0 bridgehead atoms. The van der Waals surface area contributed by atoms with Gasteiger partial charge in [0.05, 0.1) is 15.7 Å². The molecule has 62 valence electrons. The molecule has 1 aromatic carbocycles. The van der Waals surface area contributed by atoms with Gasteiger partial charge in [-0.1, -0.05) is 29.3 Å². The van der Waals surface area contributed by atoms with Crippen LogP contribution >= 0.6 is 35.6 Å². The summed E-state index contributed by atoms with van der Waals surface area (Å²) < 4.78 is 0. The van der Waals surface area contributed by atoms with Gasteiger partial charge in [-0.05, 0) is 12.1 Å². The van der Waals surface area contributed by atoms with E-state index in [9.17, 15) is 0 Å². The van der Waals surface area contributed by atoms with E-state index in [4.69, 9.17) is 29.0 Å². The van der Waals surface area contributed by atoms with Gasteiger partial charge >= 0.3 is 0 Å². The molecule has 0 aliphatic carbocycles. The lowest BCUT2D eigenvalue weighted by Gasteiger charge is -2.02. The maximum Gasteiger partial charge on any atom is 0.0836 e. The van der Waals surface area contributed by atoms with Crippen LogP contribution in [0, 0.1) is 0 Å². The minimum atomic E-state index is 0. The van der Waals surface area contributed by atoms with E-state index in [0.29, 0.717) is 15.7 Å². The van der Waals surface area contributed by atoms with E-state index >= 15 is 0 Å². The SMILES string of the molecule is Cl.NNc1cccc(Cl)c1Cl. The fraction of sp³-hybridized carbons (Fsp3) is 0. The lowest BCUT2D eigenvalue weighted by Crippen LogP contribution is -2.06. The van der Waals surface area contributed by atoms with Crippen LogP contribution in [0.2, 0.25) is 10.0 Å². The van der Waals surface area contributed by atoms with Crippen molar-refractivity contribution in [2.24, 2.45) is 5.84 Å². The van der Waals surface area contributed by atoms with Crippen LogP contribution in [0.3, 0.4) is 0 Å². The minimum absolute atomic E-state index is 0. The second-order valence-corrected chi connectivity index (χ2v) is 2.53. The number of hydrogen-bond acceptors (Lipinski definition) is 2. The Morgan fingerprint density at radius 3 is 2.36 bits per heavy atom. The van der Waals surface area contributed by atoms with E-state index in [1.165, 1.54) is 0 Å². The zero-order valence-corrected chi connectivity index (χ0v) is 7.80. The van der Waals surface area contributed by atoms with Gasteiger partial charge in [-0.2, -0.15) is 0 Å². The van der Waals surface area contributed by atoms with Crippen molar-refractivity contribution >= 4 is 41.3 Å². The molecular weight excluding hydrogens is 206 g/mol. The third-order valence-electron chi connectivity index (χ3n) is 1.11. The number of nitrogens with one attached hydrogen (secondary N) is 1. The Morgan fingerprint density at radius 2 is 1.91 bits per heavy atom. The van der Waals surface area contributed by atoms with Gasteiger partial charge in [-0.25, -0.2) is 0 Å². The Hall–Kier alpha value is -0.150. The van der Waals surface area contributed by atoms with E-state index in [1.54, 1.807) is 18.2 Å². The molecule has 0 heterocycles. The van der Waals surface area contributed by atoms with E-state index in [1.807, 2.05) is 0 Å². The molecule has 0 unspecified atom stereocenters. The number of benzene rings is 1. The van der Waals surface area contributed by atoms with Gasteiger partial charge in [-0.3, -0.25) is 5.84 Å². The summed E-state index contributed by atoms with van der Waals surface area (Å²) in [4.78, 5) is 0. The third-order valence-corrected chi connectivity index (χ3v) is 1.93. The molecule has 0 aliphatic heterocycles. The Labute approximate surface area is 81.1 Å². The van der Waals surface area contributed by atoms with E-state index < -0.39 is 0 Å². The summed E-state index contributed by atoms with van der Waals surface area (Å²) in [5.74, 6) is 5.13. The summed E-state index contributed by atoms with van der Waals surface area (Å²) in [6.07, 6.45) is 0. The molecule has 11 heavy (non-hydrogen) atoms. The number of hydrogen-bond donors (Lipinski definition) is 2. The first kappa shape index (κ1) is 10.8. The predicted molar refractivity (Wildman–Crippen MR) is 51.5 cm³/mol. The number of anilines is 1. The van der Waals surface area contributed by atoms with Gasteiger partial charge in [0, 0.05) is 0 Å². The molecule has 0 saturated carbocycles. The van der Waals surface area contributed by atoms with Crippen molar-refractivity contribution in [3.8, 4) is 0 Å². The molecular formula is C6H7Cl3N2. The number of halogens is 3. The fourth-order valence-electron chi connectivity index (χ4n) is 0.615. The van der Waals surface area contributed by atoms with Crippen LogP contribution in [0.5, 0.6) is 0 Å². The molecule has 0 atom stereocenters. The first-order valence-corrected chi connectivity index (χ1v) is 3.42. The number of nitrogen functional groups attached to an aromatic ring is 1. The second kappa shape index (κ2) is 4.67. The average Bonchev–Trinajstić information content (AvgIpc) is 1.95. The maximum absolute atomic E-state index is 5.72. The van der Waals surface area contributed by atoms with Crippen molar-refractivity contribution in [3.05, 3.63) is 28.2 Å². The van der Waals surface area contributed by atoms with Crippen molar-refractivity contribution in [2.75, 3.05) is 5.43 Å². The summed E-state index contributed by atoms with van der Waals surface area (Å²) in [6, 6.07) is 5.21. The molecule has 0 aliphatic rings. The van der Waals surface area contributed by atoms with Crippen LogP contribution < -0.4 is 11.3 Å². The smallest absolute Gasteiger partial charge is 0.0836 e. The average molecular weight is 213 g/mol. The van der Waals surface area contributed by atoms with Gasteiger partial charge in [0.2, 0.25) is 0 Å². The third kappa shape index (κ3) is 2.42. The highest BCUT2D eigenvalue weighted by atomic mass is 35.5. The van der Waals surface area contributed by atoms with Gasteiger partial charge in [0.15, 0.2) is 0 Å². The number of rotatable bonds is 1. The summed E-state index contributed by atoms with van der Waals surface area (Å²) in [6.45, 7) is 0. The highest BCUT2D eigenvalue weighted by Gasteiger charge is 2.00. The zero-order valence-electron chi connectivity index (χ0n) is 5.47. The van der Waals surface area contributed by atoms with E-state index in [-0.39, 0.29) is 12.4 Å². The summed E-state index contributed by atoms with van der Waals surface area (Å²) in [5.41, 5.74) is 3.05. The minimum Gasteiger partial charge on any atom is -0.323 e. The van der Waals surface area contributed by atoms with Crippen LogP contribution in [0.25, 0.3) is 0 Å². The summed E-state index contributed by atoms with van der Waals surface area (Å²) in [5, 5.41) is 0.948. The molecule has 2 nitrogen and oxygen atoms in total. The van der Waals surface area contributed by atoms with Crippen molar-refractivity contribution in [1.29, 1.82) is 0 Å². The highest BCUT2D eigenvalue weighted by Crippen LogP contribution is 2.28. The molecule has 0 radical (unpaired) electrons. The molecule has 1 rings (SSSR count). The molecule has 0 saturated heterocycles. The van der Waals surface area contributed by atoms with E-state index in [2.05, 4.69) is 5.43 Å². The molecule has 0 amide bonds. The van der Waals surface area contributed by atoms with Crippen molar-refractivity contribution in [2.45, 2.75) is 0 Å². The topological polar surface area (TPSA) is 38.0 Å². The van der Waals surface area contributed by atoms with Crippen molar-refractivity contribution < 1.29 is 0 Å². The first-order valence-electron chi connectivity index (χ1n) is 2.66. The van der Waals surface area contributed by atoms with Crippen molar-refractivity contribution in [1.82, 2.24) is 0 Å². The number of nitrogens with two attached hydrogens (primary N) is 1. The lowest BCUT2D eigenvalue weighted by molar-refractivity contribution is 1.35. The standard InChI is InChI=1S/C6H6Cl2N2.ClH/c7-4-2-1-3-5(10-9)6(4)8;/h1-3,10H,9H2;1H. The maximum atomic E-state index is 5.72. The Balaban J connectivity index is 0.000001000. The molecule has 0 aromatic heterocycles. The van der Waals surface area contributed by atoms with Gasteiger partial charge in [0.25, 0.3) is 0 Å². The van der Waals surface area contributed by atoms with Gasteiger partial charge in [0.1, 0.15) is 0 Å². The van der Waals surface area contributed by atoms with Gasteiger partial charge in [-0.15, -0.1) is 12.4 Å². The normalized spacial score (nSPS) is 8.64. The largest absolute Gasteiger partial charge is 0.323 e. The van der Waals surface area contributed by atoms with Crippen LogP contribution in [0.1, 0.15) is 0 Å². The molecule has 5 heteroatoms. The quantitative estimate of drug-likeness (QED) is 0.556. The van der Waals surface area contributed by atoms with Gasteiger partial charge < -0.3 is 5.43 Å². The molecule has 1 aromatic rings. The van der Waals surface area contributed by atoms with Crippen LogP contribution in [0.15, 0.2) is 18.2 Å². The number of hydrazine groups is 1. The second-order valence-electron chi connectivity index (χ2n) is 1.75. The van der Waals surface area contributed by atoms with Crippen LogP contribution in [-0.4, -0.2) is 0 Å². The van der Waals surface area contributed by atoms with Crippen molar-refractivity contribution in [3.63, 3.8) is 0 Å². The predicted octanol–water partition coefficient (Wildman–Crippen LogP) is 2.70. The summed E-state index contributed by atoms with van der Waals surface area (Å²) >= 11 is 11.4. The fourth-order valence-corrected chi connectivity index (χ4v) is 0.970.